The average Bonchev–Trinajstić information content (AvgIpc) is 2.08. The molecule has 1 aliphatic rings. The molecule has 1 aliphatic heterocycles. The van der Waals surface area contributed by atoms with Gasteiger partial charge in [0.05, 0.1) is 23.4 Å². The third-order valence-electron chi connectivity index (χ3n) is 2.05. The Morgan fingerprint density at radius 3 is 2.31 bits per heavy atom. The molecule has 0 radical (unpaired) electrons. The van der Waals surface area contributed by atoms with Crippen LogP contribution in [0.5, 0.6) is 0 Å². The molecule has 1 nitrogen and oxygen atoms in total. The van der Waals surface area contributed by atoms with Gasteiger partial charge in [-0.1, -0.05) is 34.8 Å². The van der Waals surface area contributed by atoms with E-state index in [0.717, 1.165) is 11.1 Å². The lowest BCUT2D eigenvalue weighted by atomic mass is 10.1. The Labute approximate surface area is 91.7 Å². The number of rotatable bonds is 0. The van der Waals surface area contributed by atoms with Gasteiger partial charge >= 0.3 is 0 Å². The van der Waals surface area contributed by atoms with Crippen molar-refractivity contribution in [2.45, 2.75) is 6.92 Å². The Bertz CT molecular complexity index is 440. The van der Waals surface area contributed by atoms with E-state index < -0.39 is 7.77 Å². The zero-order chi connectivity index (χ0) is 9.75. The molecule has 1 aromatic carbocycles. The molecule has 0 aliphatic carbocycles. The highest BCUT2D eigenvalue weighted by Crippen LogP contribution is 2.40. The summed E-state index contributed by atoms with van der Waals surface area (Å²) in [6.07, 6.45) is 0. The summed E-state index contributed by atoms with van der Waals surface area (Å²) in [6.45, 7) is 1.84. The fraction of sp³-hybridized carbons (Fsp3) is 0.125. The van der Waals surface area contributed by atoms with Gasteiger partial charge in [-0.25, -0.2) is 0 Å². The Morgan fingerprint density at radius 2 is 1.77 bits per heavy atom. The smallest absolute Gasteiger partial charge is 0.176 e. The molecule has 0 saturated heterocycles. The Kier molecular flexibility index (Phi) is 2.34. The molecule has 68 valence electrons. The quantitative estimate of drug-likeness (QED) is 0.515. The number of benzene rings is 1. The largest absolute Gasteiger partial charge is 0.626 e. The van der Waals surface area contributed by atoms with Gasteiger partial charge in [-0.2, -0.15) is 0 Å². The molecule has 1 aromatic rings. The van der Waals surface area contributed by atoms with Gasteiger partial charge < -0.3 is 4.89 Å². The maximum Gasteiger partial charge on any atom is 0.176 e. The van der Waals surface area contributed by atoms with Gasteiger partial charge in [-0.15, -0.1) is 0 Å². The van der Waals surface area contributed by atoms with Gasteiger partial charge in [0.1, 0.15) is 10.8 Å². The van der Waals surface area contributed by atoms with Crippen LogP contribution < -0.4 is 10.2 Å². The number of hydrogen-bond donors (Lipinski definition) is 0. The highest BCUT2D eigenvalue weighted by molar-refractivity contribution is 7.62. The van der Waals surface area contributed by atoms with E-state index in [1.54, 1.807) is 5.80 Å². The van der Waals surface area contributed by atoms with Crippen molar-refractivity contribution in [3.05, 3.63) is 26.2 Å². The van der Waals surface area contributed by atoms with Crippen molar-refractivity contribution >= 4 is 53.7 Å². The van der Waals surface area contributed by atoms with Crippen molar-refractivity contribution in [2.24, 2.45) is 0 Å². The van der Waals surface area contributed by atoms with Gasteiger partial charge in [-0.3, -0.25) is 0 Å². The number of halogens is 3. The summed E-state index contributed by atoms with van der Waals surface area (Å²) in [6, 6.07) is 0. The average molecular weight is 253 g/mol. The Morgan fingerprint density at radius 1 is 1.15 bits per heavy atom. The van der Waals surface area contributed by atoms with Gasteiger partial charge in [0.2, 0.25) is 0 Å². The zero-order valence-electron chi connectivity index (χ0n) is 6.57. The fourth-order valence-electron chi connectivity index (χ4n) is 1.27. The van der Waals surface area contributed by atoms with Crippen LogP contribution in [0.1, 0.15) is 11.1 Å². The molecule has 0 amide bonds. The first-order valence-electron chi connectivity index (χ1n) is 3.52. The lowest BCUT2D eigenvalue weighted by Gasteiger charge is -2.17. The van der Waals surface area contributed by atoms with Crippen molar-refractivity contribution < 1.29 is 4.89 Å². The minimum atomic E-state index is -1.45. The predicted octanol–water partition coefficient (Wildman–Crippen LogP) is 2.50. The van der Waals surface area contributed by atoms with Crippen LogP contribution in [0.2, 0.25) is 15.1 Å². The molecule has 0 fully saturated rings. The first-order chi connectivity index (χ1) is 6.04. The van der Waals surface area contributed by atoms with Gasteiger partial charge in [-0.05, 0) is 12.5 Å². The Balaban J connectivity index is 2.80. The van der Waals surface area contributed by atoms with E-state index in [2.05, 4.69) is 0 Å². The highest BCUT2D eigenvalue weighted by Gasteiger charge is 2.30. The van der Waals surface area contributed by atoms with Crippen molar-refractivity contribution in [1.29, 1.82) is 0 Å². The monoisotopic (exact) mass is 252 g/mol. The van der Waals surface area contributed by atoms with Gasteiger partial charge in [0, 0.05) is 0 Å². The number of hydrogen-bond acceptors (Lipinski definition) is 1. The molecule has 0 aromatic heterocycles. The van der Waals surface area contributed by atoms with E-state index in [9.17, 15) is 4.89 Å². The second-order valence-electron chi connectivity index (χ2n) is 2.78. The third-order valence-corrected chi connectivity index (χ3v) is 5.00. The van der Waals surface area contributed by atoms with Crippen LogP contribution in [0.15, 0.2) is 0 Å². The maximum atomic E-state index is 11.3. The third kappa shape index (κ3) is 1.23. The summed E-state index contributed by atoms with van der Waals surface area (Å²) >= 11 is 17.6. The standard InChI is InChI=1S/C8H4Cl3OP/c1-3-4-2-13(12)8(4)7(11)6(10)5(3)9/h2H,1H3. The molecule has 2 rings (SSSR count). The number of fused-ring (bicyclic) bond motifs is 1. The topological polar surface area (TPSA) is 23.1 Å². The molecule has 0 bridgehead atoms. The molecule has 0 spiro atoms. The summed E-state index contributed by atoms with van der Waals surface area (Å²) < 4.78 is 0. The van der Waals surface area contributed by atoms with Crippen LogP contribution in [-0.2, 0) is 0 Å². The zero-order valence-corrected chi connectivity index (χ0v) is 9.73. The van der Waals surface area contributed by atoms with Crippen LogP contribution in [0, 0.1) is 6.92 Å². The molecular weight excluding hydrogens is 249 g/mol. The van der Waals surface area contributed by atoms with Crippen molar-refractivity contribution in [3.8, 4) is 0 Å². The van der Waals surface area contributed by atoms with Crippen LogP contribution in [0.4, 0.5) is 0 Å². The normalized spacial score (nSPS) is 16.2. The summed E-state index contributed by atoms with van der Waals surface area (Å²) in [5.74, 6) is 1.66. The van der Waals surface area contributed by atoms with Crippen LogP contribution in [0.3, 0.4) is 0 Å². The maximum absolute atomic E-state index is 11.3. The molecule has 13 heavy (non-hydrogen) atoms. The first-order valence-corrected chi connectivity index (χ1v) is 5.98. The summed E-state index contributed by atoms with van der Waals surface area (Å²) in [5, 5.41) is 1.72. The highest BCUT2D eigenvalue weighted by atomic mass is 35.5. The summed E-state index contributed by atoms with van der Waals surface area (Å²) in [7, 11) is -1.45. The van der Waals surface area contributed by atoms with Gasteiger partial charge in [0.15, 0.2) is 5.30 Å². The van der Waals surface area contributed by atoms with Crippen LogP contribution >= 0.6 is 42.6 Å². The van der Waals surface area contributed by atoms with Crippen LogP contribution in [-0.4, -0.2) is 5.80 Å². The van der Waals surface area contributed by atoms with Crippen molar-refractivity contribution in [3.63, 3.8) is 0 Å². The second-order valence-corrected chi connectivity index (χ2v) is 5.28. The first kappa shape index (κ1) is 9.76. The molecule has 0 N–H and O–H groups in total. The van der Waals surface area contributed by atoms with E-state index in [4.69, 9.17) is 34.8 Å². The SMILES string of the molecule is Cc1c(Cl)c(Cl)c(Cl)c2c1C=[P+]2[O-]. The van der Waals surface area contributed by atoms with E-state index in [0.29, 0.717) is 20.4 Å². The molecule has 5 heteroatoms. The molecule has 1 atom stereocenters. The van der Waals surface area contributed by atoms with E-state index >= 15 is 0 Å². The lowest BCUT2D eigenvalue weighted by Crippen LogP contribution is -2.24. The minimum Gasteiger partial charge on any atom is -0.626 e. The second kappa shape index (κ2) is 3.12. The minimum absolute atomic E-state index is 0.302. The predicted molar refractivity (Wildman–Crippen MR) is 57.9 cm³/mol. The van der Waals surface area contributed by atoms with E-state index in [1.807, 2.05) is 6.92 Å². The molecule has 0 saturated carbocycles. The van der Waals surface area contributed by atoms with E-state index in [1.165, 1.54) is 0 Å². The van der Waals surface area contributed by atoms with Crippen LogP contribution in [0.25, 0.3) is 0 Å². The Hall–Kier alpha value is 0.220. The van der Waals surface area contributed by atoms with Crippen molar-refractivity contribution in [2.75, 3.05) is 0 Å². The van der Waals surface area contributed by atoms with E-state index in [-0.39, 0.29) is 0 Å². The molecular formula is C8H4Cl3OP. The fourth-order valence-corrected chi connectivity index (χ4v) is 3.52. The van der Waals surface area contributed by atoms with Gasteiger partial charge in [0.25, 0.3) is 0 Å². The summed E-state index contributed by atoms with van der Waals surface area (Å²) in [4.78, 5) is 11.3. The molecule has 1 unspecified atom stereocenters. The lowest BCUT2D eigenvalue weighted by molar-refractivity contribution is -0.150. The molecule has 1 heterocycles. The van der Waals surface area contributed by atoms with Crippen molar-refractivity contribution in [1.82, 2.24) is 0 Å². The summed E-state index contributed by atoms with van der Waals surface area (Å²) in [5.41, 5.74) is 1.72.